The van der Waals surface area contributed by atoms with Gasteiger partial charge < -0.3 is 10.1 Å². The van der Waals surface area contributed by atoms with Crippen LogP contribution in [0.5, 0.6) is 0 Å². The van der Waals surface area contributed by atoms with Gasteiger partial charge in [0.15, 0.2) is 5.65 Å². The molecule has 0 bridgehead atoms. The molecule has 0 spiro atoms. The zero-order valence-electron chi connectivity index (χ0n) is 10.1. The molecule has 2 aromatic heterocycles. The van der Waals surface area contributed by atoms with E-state index < -0.39 is 0 Å². The van der Waals surface area contributed by atoms with Crippen LogP contribution >= 0.6 is 0 Å². The Labute approximate surface area is 99.8 Å². The van der Waals surface area contributed by atoms with Gasteiger partial charge in [0.1, 0.15) is 0 Å². The predicted molar refractivity (Wildman–Crippen MR) is 65.2 cm³/mol. The number of nitrogens with one attached hydrogen (secondary N) is 1. The van der Waals surface area contributed by atoms with E-state index in [-0.39, 0.29) is 5.54 Å². The highest BCUT2D eigenvalue weighted by Crippen LogP contribution is 2.22. The average molecular weight is 232 g/mol. The smallest absolute Gasteiger partial charge is 0.243 e. The molecule has 2 aromatic rings. The number of hydrogen-bond acceptors (Lipinski definition) is 4. The molecule has 3 heterocycles. The third kappa shape index (κ3) is 1.86. The largest absolute Gasteiger partial charge is 0.379 e. The van der Waals surface area contributed by atoms with Crippen molar-refractivity contribution in [2.45, 2.75) is 25.8 Å². The van der Waals surface area contributed by atoms with Gasteiger partial charge in [-0.3, -0.25) is 0 Å². The van der Waals surface area contributed by atoms with E-state index in [9.17, 15) is 0 Å². The van der Waals surface area contributed by atoms with Gasteiger partial charge >= 0.3 is 0 Å². The van der Waals surface area contributed by atoms with Crippen molar-refractivity contribution in [3.8, 4) is 0 Å². The van der Waals surface area contributed by atoms with E-state index in [0.717, 1.165) is 24.2 Å². The molecule has 5 heteroatoms. The quantitative estimate of drug-likeness (QED) is 0.855. The van der Waals surface area contributed by atoms with Crippen molar-refractivity contribution in [2.24, 2.45) is 0 Å². The summed E-state index contributed by atoms with van der Waals surface area (Å²) in [4.78, 5) is 4.51. The summed E-state index contributed by atoms with van der Waals surface area (Å²) in [5.41, 5.74) is 1.98. The first-order valence-corrected chi connectivity index (χ1v) is 5.84. The normalized spacial score (nSPS) is 24.4. The van der Waals surface area contributed by atoms with Gasteiger partial charge in [0.2, 0.25) is 5.95 Å². The van der Waals surface area contributed by atoms with Crippen LogP contribution in [0.4, 0.5) is 5.95 Å². The van der Waals surface area contributed by atoms with Crippen molar-refractivity contribution >= 4 is 11.6 Å². The molecular weight excluding hydrogens is 216 g/mol. The zero-order valence-corrected chi connectivity index (χ0v) is 10.1. The molecule has 1 unspecified atom stereocenters. The Morgan fingerprint density at radius 2 is 2.41 bits per heavy atom. The summed E-state index contributed by atoms with van der Waals surface area (Å²) in [6.45, 7) is 5.68. The summed E-state index contributed by atoms with van der Waals surface area (Å²) in [7, 11) is 0. The third-order valence-electron chi connectivity index (χ3n) is 3.19. The third-order valence-corrected chi connectivity index (χ3v) is 3.19. The fourth-order valence-electron chi connectivity index (χ4n) is 2.13. The molecule has 1 N–H and O–H groups in total. The second kappa shape index (κ2) is 3.70. The molecule has 0 aliphatic carbocycles. The minimum atomic E-state index is -0.0428. The van der Waals surface area contributed by atoms with Crippen molar-refractivity contribution in [1.82, 2.24) is 14.6 Å². The standard InChI is InChI=1S/C12H16N4O/c1-9-4-3-6-16-10(9)13-11(15-16)14-12(2)5-7-17-8-12/h3-4,6H,5,7-8H2,1-2H3,(H,14,15). The zero-order chi connectivity index (χ0) is 11.9. The van der Waals surface area contributed by atoms with Crippen LogP contribution in [0.15, 0.2) is 18.3 Å². The average Bonchev–Trinajstić information content (AvgIpc) is 2.86. The van der Waals surface area contributed by atoms with Gasteiger partial charge in [0.25, 0.3) is 0 Å². The van der Waals surface area contributed by atoms with Crippen LogP contribution < -0.4 is 5.32 Å². The van der Waals surface area contributed by atoms with Gasteiger partial charge in [-0.1, -0.05) is 6.07 Å². The number of ether oxygens (including phenoxy) is 1. The number of rotatable bonds is 2. The van der Waals surface area contributed by atoms with Crippen molar-refractivity contribution in [1.29, 1.82) is 0 Å². The van der Waals surface area contributed by atoms with Gasteiger partial charge in [-0.15, -0.1) is 5.10 Å². The van der Waals surface area contributed by atoms with Gasteiger partial charge in [-0.25, -0.2) is 4.52 Å². The molecule has 1 fully saturated rings. The van der Waals surface area contributed by atoms with E-state index in [1.807, 2.05) is 25.3 Å². The summed E-state index contributed by atoms with van der Waals surface area (Å²) in [5, 5.41) is 7.79. The van der Waals surface area contributed by atoms with Gasteiger partial charge in [0.05, 0.1) is 12.1 Å². The molecule has 1 atom stereocenters. The van der Waals surface area contributed by atoms with Gasteiger partial charge in [-0.2, -0.15) is 4.98 Å². The molecule has 0 aromatic carbocycles. The van der Waals surface area contributed by atoms with Crippen molar-refractivity contribution in [3.63, 3.8) is 0 Å². The highest BCUT2D eigenvalue weighted by atomic mass is 16.5. The molecule has 0 amide bonds. The van der Waals surface area contributed by atoms with Crippen LogP contribution in [-0.4, -0.2) is 33.4 Å². The van der Waals surface area contributed by atoms with E-state index in [2.05, 4.69) is 22.3 Å². The molecule has 3 rings (SSSR count). The lowest BCUT2D eigenvalue weighted by molar-refractivity contribution is 0.185. The van der Waals surface area contributed by atoms with Crippen LogP contribution in [-0.2, 0) is 4.74 Å². The summed E-state index contributed by atoms with van der Waals surface area (Å²) in [5.74, 6) is 0.673. The monoisotopic (exact) mass is 232 g/mol. The lowest BCUT2D eigenvalue weighted by Gasteiger charge is -2.21. The molecule has 1 aliphatic heterocycles. The Morgan fingerprint density at radius 1 is 1.53 bits per heavy atom. The van der Waals surface area contributed by atoms with Crippen LogP contribution in [0.2, 0.25) is 0 Å². The predicted octanol–water partition coefficient (Wildman–Crippen LogP) is 1.63. The van der Waals surface area contributed by atoms with Crippen molar-refractivity contribution in [3.05, 3.63) is 23.9 Å². The number of hydrogen-bond donors (Lipinski definition) is 1. The van der Waals surface area contributed by atoms with E-state index in [1.54, 1.807) is 4.52 Å². The molecule has 5 nitrogen and oxygen atoms in total. The van der Waals surface area contributed by atoms with E-state index in [1.165, 1.54) is 0 Å². The first-order valence-electron chi connectivity index (χ1n) is 5.84. The molecule has 0 saturated carbocycles. The molecule has 1 aliphatic rings. The highest BCUT2D eigenvalue weighted by Gasteiger charge is 2.30. The van der Waals surface area contributed by atoms with E-state index in [0.29, 0.717) is 12.6 Å². The first-order chi connectivity index (χ1) is 8.16. The minimum absolute atomic E-state index is 0.0428. The summed E-state index contributed by atoms with van der Waals surface area (Å²) in [6.07, 6.45) is 2.90. The maximum absolute atomic E-state index is 5.41. The summed E-state index contributed by atoms with van der Waals surface area (Å²) in [6, 6.07) is 4.01. The van der Waals surface area contributed by atoms with Crippen LogP contribution in [0.3, 0.4) is 0 Å². The number of aryl methyl sites for hydroxylation is 1. The topological polar surface area (TPSA) is 51.5 Å². The number of fused-ring (bicyclic) bond motifs is 1. The van der Waals surface area contributed by atoms with Gasteiger partial charge in [0, 0.05) is 12.8 Å². The van der Waals surface area contributed by atoms with Crippen LogP contribution in [0.1, 0.15) is 18.9 Å². The minimum Gasteiger partial charge on any atom is -0.379 e. The van der Waals surface area contributed by atoms with Crippen LogP contribution in [0, 0.1) is 6.92 Å². The number of anilines is 1. The fraction of sp³-hybridized carbons (Fsp3) is 0.500. The molecule has 90 valence electrons. The molecule has 1 saturated heterocycles. The van der Waals surface area contributed by atoms with Gasteiger partial charge in [-0.05, 0) is 31.9 Å². The first kappa shape index (κ1) is 10.5. The lowest BCUT2D eigenvalue weighted by Crippen LogP contribution is -2.35. The highest BCUT2D eigenvalue weighted by molar-refractivity contribution is 5.50. The van der Waals surface area contributed by atoms with Crippen molar-refractivity contribution in [2.75, 3.05) is 18.5 Å². The Kier molecular flexibility index (Phi) is 2.29. The van der Waals surface area contributed by atoms with E-state index >= 15 is 0 Å². The number of nitrogens with zero attached hydrogens (tertiary/aromatic N) is 3. The maximum Gasteiger partial charge on any atom is 0.243 e. The summed E-state index contributed by atoms with van der Waals surface area (Å²) >= 11 is 0. The SMILES string of the molecule is Cc1cccn2nc(NC3(C)CCOC3)nc12. The Bertz CT molecular complexity index is 542. The number of aromatic nitrogens is 3. The van der Waals surface area contributed by atoms with Crippen LogP contribution in [0.25, 0.3) is 5.65 Å². The lowest BCUT2D eigenvalue weighted by atomic mass is 10.0. The van der Waals surface area contributed by atoms with E-state index in [4.69, 9.17) is 4.74 Å². The molecular formula is C12H16N4O. The second-order valence-electron chi connectivity index (χ2n) is 4.88. The maximum atomic E-state index is 5.41. The Morgan fingerprint density at radius 3 is 3.12 bits per heavy atom. The molecule has 17 heavy (non-hydrogen) atoms. The fourth-order valence-corrected chi connectivity index (χ4v) is 2.13. The second-order valence-corrected chi connectivity index (χ2v) is 4.88. The Hall–Kier alpha value is -1.62. The van der Waals surface area contributed by atoms with Crippen molar-refractivity contribution < 1.29 is 4.74 Å². The Balaban J connectivity index is 1.93. The molecule has 0 radical (unpaired) electrons. The number of pyridine rings is 1. The summed E-state index contributed by atoms with van der Waals surface area (Å²) < 4.78 is 7.21.